The van der Waals surface area contributed by atoms with Crippen molar-refractivity contribution in [3.8, 4) is 11.5 Å². The van der Waals surface area contributed by atoms with Crippen LogP contribution in [-0.2, 0) is 17.8 Å². The van der Waals surface area contributed by atoms with Crippen LogP contribution in [0.25, 0.3) is 0 Å². The van der Waals surface area contributed by atoms with E-state index in [-0.39, 0.29) is 0 Å². The predicted molar refractivity (Wildman–Crippen MR) is 92.0 cm³/mol. The number of hydrogen-bond donors (Lipinski definition) is 1. The average molecular weight is 315 g/mol. The lowest BCUT2D eigenvalue weighted by Crippen LogP contribution is -2.13. The number of ether oxygens (including phenoxy) is 3. The summed E-state index contributed by atoms with van der Waals surface area (Å²) in [6.07, 6.45) is 0. The van der Waals surface area contributed by atoms with Gasteiger partial charge in [0, 0.05) is 19.7 Å². The van der Waals surface area contributed by atoms with Gasteiger partial charge in [0.15, 0.2) is 0 Å². The van der Waals surface area contributed by atoms with Crippen molar-refractivity contribution in [2.45, 2.75) is 20.0 Å². The first-order valence-electron chi connectivity index (χ1n) is 7.95. The van der Waals surface area contributed by atoms with E-state index in [2.05, 4.69) is 29.6 Å². The van der Waals surface area contributed by atoms with Gasteiger partial charge in [-0.15, -0.1) is 0 Å². The Labute approximate surface area is 138 Å². The molecule has 0 spiro atoms. The highest BCUT2D eigenvalue weighted by Crippen LogP contribution is 2.14. The van der Waals surface area contributed by atoms with Crippen LogP contribution in [0.1, 0.15) is 18.1 Å². The Morgan fingerprint density at radius 3 is 2.39 bits per heavy atom. The van der Waals surface area contributed by atoms with Crippen LogP contribution in [0.4, 0.5) is 0 Å². The zero-order chi connectivity index (χ0) is 16.3. The Morgan fingerprint density at radius 1 is 0.870 bits per heavy atom. The third kappa shape index (κ3) is 6.30. The summed E-state index contributed by atoms with van der Waals surface area (Å²) in [4.78, 5) is 0. The van der Waals surface area contributed by atoms with Crippen LogP contribution < -0.4 is 14.8 Å². The van der Waals surface area contributed by atoms with E-state index in [0.29, 0.717) is 13.2 Å². The first-order valence-corrected chi connectivity index (χ1v) is 7.95. The first-order chi connectivity index (χ1) is 11.3. The van der Waals surface area contributed by atoms with Crippen LogP contribution >= 0.6 is 0 Å². The Hall–Kier alpha value is -2.04. The summed E-state index contributed by atoms with van der Waals surface area (Å²) in [5.41, 5.74) is 2.43. The fourth-order valence-corrected chi connectivity index (χ4v) is 2.20. The van der Waals surface area contributed by atoms with Gasteiger partial charge in [-0.3, -0.25) is 0 Å². The van der Waals surface area contributed by atoms with E-state index in [9.17, 15) is 0 Å². The number of benzene rings is 2. The summed E-state index contributed by atoms with van der Waals surface area (Å²) in [6, 6.07) is 16.2. The minimum Gasteiger partial charge on any atom is -0.497 e. The molecular formula is C19H25NO3. The van der Waals surface area contributed by atoms with Crippen molar-refractivity contribution in [3.63, 3.8) is 0 Å². The molecule has 0 saturated carbocycles. The maximum Gasteiger partial charge on any atom is 0.119 e. The predicted octanol–water partition coefficient (Wildman–Crippen LogP) is 3.40. The Balaban J connectivity index is 1.76. The van der Waals surface area contributed by atoms with E-state index in [1.165, 1.54) is 11.1 Å². The molecule has 0 aliphatic rings. The summed E-state index contributed by atoms with van der Waals surface area (Å²) in [5.74, 6) is 1.76. The van der Waals surface area contributed by atoms with Gasteiger partial charge in [0.2, 0.25) is 0 Å². The zero-order valence-corrected chi connectivity index (χ0v) is 13.9. The molecule has 0 amide bonds. The summed E-state index contributed by atoms with van der Waals surface area (Å²) >= 11 is 0. The number of nitrogens with one attached hydrogen (secondary N) is 1. The average Bonchev–Trinajstić information content (AvgIpc) is 2.60. The Kier molecular flexibility index (Phi) is 7.43. The first kappa shape index (κ1) is 17.3. The maximum absolute atomic E-state index is 5.67. The summed E-state index contributed by atoms with van der Waals surface area (Å²) in [7, 11) is 1.68. The lowest BCUT2D eigenvalue weighted by Gasteiger charge is -2.09. The van der Waals surface area contributed by atoms with E-state index in [1.54, 1.807) is 7.11 Å². The molecule has 0 atom stereocenters. The van der Waals surface area contributed by atoms with Gasteiger partial charge >= 0.3 is 0 Å². The van der Waals surface area contributed by atoms with Gasteiger partial charge in [-0.05, 0) is 42.3 Å². The molecule has 0 saturated heterocycles. The Bertz CT molecular complexity index is 569. The van der Waals surface area contributed by atoms with Gasteiger partial charge in [0.1, 0.15) is 18.1 Å². The fraction of sp³-hybridized carbons (Fsp3) is 0.368. The molecule has 0 aliphatic carbocycles. The summed E-state index contributed by atoms with van der Waals surface area (Å²) in [6.45, 7) is 5.52. The normalized spacial score (nSPS) is 10.5. The maximum atomic E-state index is 5.67. The highest BCUT2D eigenvalue weighted by molar-refractivity contribution is 5.29. The van der Waals surface area contributed by atoms with Crippen LogP contribution in [0.3, 0.4) is 0 Å². The number of methoxy groups -OCH3 is 1. The quantitative estimate of drug-likeness (QED) is 0.682. The Morgan fingerprint density at radius 2 is 1.65 bits per heavy atom. The standard InChI is InChI=1S/C19H25NO3/c1-3-22-11-12-23-19-6-4-5-17(13-19)15-20-14-16-7-9-18(21-2)10-8-16/h4-10,13,20H,3,11-12,14-15H2,1-2H3. The molecule has 1 N–H and O–H groups in total. The van der Waals surface area contributed by atoms with E-state index < -0.39 is 0 Å². The molecule has 4 nitrogen and oxygen atoms in total. The van der Waals surface area contributed by atoms with Crippen molar-refractivity contribution in [1.82, 2.24) is 5.32 Å². The molecule has 0 radical (unpaired) electrons. The van der Waals surface area contributed by atoms with Crippen LogP contribution in [0.2, 0.25) is 0 Å². The number of hydrogen-bond acceptors (Lipinski definition) is 4. The van der Waals surface area contributed by atoms with Gasteiger partial charge < -0.3 is 19.5 Å². The van der Waals surface area contributed by atoms with E-state index in [0.717, 1.165) is 31.2 Å². The third-order valence-corrected chi connectivity index (χ3v) is 3.42. The van der Waals surface area contributed by atoms with Crippen molar-refractivity contribution >= 4 is 0 Å². The van der Waals surface area contributed by atoms with Crippen LogP contribution in [0, 0.1) is 0 Å². The van der Waals surface area contributed by atoms with Gasteiger partial charge in [0.05, 0.1) is 13.7 Å². The highest BCUT2D eigenvalue weighted by atomic mass is 16.5. The smallest absolute Gasteiger partial charge is 0.119 e. The molecule has 0 fully saturated rings. The SMILES string of the molecule is CCOCCOc1cccc(CNCc2ccc(OC)cc2)c1. The molecule has 2 aromatic carbocycles. The third-order valence-electron chi connectivity index (χ3n) is 3.42. The van der Waals surface area contributed by atoms with Crippen LogP contribution in [0.5, 0.6) is 11.5 Å². The van der Waals surface area contributed by atoms with E-state index in [4.69, 9.17) is 14.2 Å². The molecule has 23 heavy (non-hydrogen) atoms. The molecule has 2 aromatic rings. The molecule has 4 heteroatoms. The van der Waals surface area contributed by atoms with Crippen molar-refractivity contribution in [1.29, 1.82) is 0 Å². The zero-order valence-electron chi connectivity index (χ0n) is 13.9. The molecule has 0 aromatic heterocycles. The lowest BCUT2D eigenvalue weighted by atomic mass is 10.2. The van der Waals surface area contributed by atoms with Gasteiger partial charge in [-0.2, -0.15) is 0 Å². The van der Waals surface area contributed by atoms with Crippen molar-refractivity contribution in [2.75, 3.05) is 26.9 Å². The molecule has 2 rings (SSSR count). The van der Waals surface area contributed by atoms with E-state index in [1.807, 2.05) is 31.2 Å². The molecule has 0 bridgehead atoms. The van der Waals surface area contributed by atoms with Crippen molar-refractivity contribution in [3.05, 3.63) is 59.7 Å². The molecular weight excluding hydrogens is 290 g/mol. The van der Waals surface area contributed by atoms with Gasteiger partial charge in [-0.1, -0.05) is 24.3 Å². The minimum absolute atomic E-state index is 0.580. The van der Waals surface area contributed by atoms with Crippen molar-refractivity contribution in [2.24, 2.45) is 0 Å². The molecule has 0 heterocycles. The molecule has 0 aliphatic heterocycles. The highest BCUT2D eigenvalue weighted by Gasteiger charge is 1.99. The van der Waals surface area contributed by atoms with Crippen LogP contribution in [0.15, 0.2) is 48.5 Å². The van der Waals surface area contributed by atoms with Crippen molar-refractivity contribution < 1.29 is 14.2 Å². The minimum atomic E-state index is 0.580. The monoisotopic (exact) mass is 315 g/mol. The van der Waals surface area contributed by atoms with Crippen LogP contribution in [-0.4, -0.2) is 26.9 Å². The number of rotatable bonds is 10. The largest absolute Gasteiger partial charge is 0.497 e. The summed E-state index contributed by atoms with van der Waals surface area (Å²) in [5, 5.41) is 3.44. The summed E-state index contributed by atoms with van der Waals surface area (Å²) < 4.78 is 16.1. The second kappa shape index (κ2) is 9.87. The lowest BCUT2D eigenvalue weighted by molar-refractivity contribution is 0.110. The molecule has 124 valence electrons. The fourth-order valence-electron chi connectivity index (χ4n) is 2.20. The second-order valence-electron chi connectivity index (χ2n) is 5.14. The second-order valence-corrected chi connectivity index (χ2v) is 5.14. The van der Waals surface area contributed by atoms with E-state index >= 15 is 0 Å². The van der Waals surface area contributed by atoms with Gasteiger partial charge in [0.25, 0.3) is 0 Å². The topological polar surface area (TPSA) is 39.7 Å². The van der Waals surface area contributed by atoms with Gasteiger partial charge in [-0.25, -0.2) is 0 Å². The molecule has 0 unspecified atom stereocenters.